The normalized spacial score (nSPS) is 11.6. The maximum atomic E-state index is 12.6. The fourth-order valence-corrected chi connectivity index (χ4v) is 2.60. The van der Waals surface area contributed by atoms with Crippen LogP contribution in [-0.4, -0.2) is 19.7 Å². The van der Waals surface area contributed by atoms with E-state index in [1.807, 2.05) is 30.3 Å². The van der Waals surface area contributed by atoms with Crippen molar-refractivity contribution in [1.29, 1.82) is 0 Å². The first kappa shape index (κ1) is 14.9. The van der Waals surface area contributed by atoms with Gasteiger partial charge in [-0.25, -0.2) is 9.48 Å². The van der Waals surface area contributed by atoms with Crippen LogP contribution >= 0.6 is 0 Å². The SMILES string of the molecule is Cc1[nH]n(-c2ccccc2)c(=O)c1N=Nc1ccc2[nH]c(=O)[nH]c2c1. The standard InChI is InChI=1S/C17H14N6O2/c1-10-15(16(24)23(22-10)12-5-3-2-4-6-12)21-20-11-7-8-13-14(9-11)19-17(25)18-13/h2-9,22H,1H3,(H2,18,19,25). The molecule has 0 atom stereocenters. The van der Waals surface area contributed by atoms with E-state index < -0.39 is 0 Å². The van der Waals surface area contributed by atoms with Crippen molar-refractivity contribution >= 4 is 22.4 Å². The third-order valence-electron chi connectivity index (χ3n) is 3.82. The van der Waals surface area contributed by atoms with Gasteiger partial charge in [-0.05, 0) is 37.3 Å². The molecule has 0 unspecified atom stereocenters. The Hall–Kier alpha value is -3.68. The van der Waals surface area contributed by atoms with Gasteiger partial charge < -0.3 is 9.97 Å². The van der Waals surface area contributed by atoms with E-state index >= 15 is 0 Å². The number of para-hydroxylation sites is 1. The topological polar surface area (TPSA) is 111 Å². The third kappa shape index (κ3) is 2.69. The van der Waals surface area contributed by atoms with E-state index in [9.17, 15) is 9.59 Å². The Morgan fingerprint density at radius 1 is 0.920 bits per heavy atom. The third-order valence-corrected chi connectivity index (χ3v) is 3.82. The number of nitrogens with one attached hydrogen (secondary N) is 3. The van der Waals surface area contributed by atoms with Crippen LogP contribution < -0.4 is 11.2 Å². The smallest absolute Gasteiger partial charge is 0.306 e. The lowest BCUT2D eigenvalue weighted by atomic mass is 10.3. The number of imidazole rings is 1. The summed E-state index contributed by atoms with van der Waals surface area (Å²) in [5.74, 6) is 0. The molecule has 0 saturated carbocycles. The zero-order valence-corrected chi connectivity index (χ0v) is 13.3. The minimum absolute atomic E-state index is 0.242. The Labute approximate surface area is 140 Å². The molecular formula is C17H14N6O2. The highest BCUT2D eigenvalue weighted by molar-refractivity contribution is 5.77. The summed E-state index contributed by atoms with van der Waals surface area (Å²) in [7, 11) is 0. The van der Waals surface area contributed by atoms with Gasteiger partial charge >= 0.3 is 5.69 Å². The van der Waals surface area contributed by atoms with Gasteiger partial charge in [-0.1, -0.05) is 18.2 Å². The number of H-pyrrole nitrogens is 3. The van der Waals surface area contributed by atoms with Crippen molar-refractivity contribution in [3.8, 4) is 5.69 Å². The largest absolute Gasteiger partial charge is 0.323 e. The van der Waals surface area contributed by atoms with Crippen LogP contribution in [0.15, 0.2) is 68.3 Å². The summed E-state index contributed by atoms with van der Waals surface area (Å²) in [4.78, 5) is 29.2. The Morgan fingerprint density at radius 3 is 2.48 bits per heavy atom. The molecule has 0 radical (unpaired) electrons. The number of aromatic nitrogens is 4. The van der Waals surface area contributed by atoms with E-state index in [-0.39, 0.29) is 16.9 Å². The summed E-state index contributed by atoms with van der Waals surface area (Å²) < 4.78 is 1.43. The first-order valence-electron chi connectivity index (χ1n) is 7.62. The molecule has 25 heavy (non-hydrogen) atoms. The quantitative estimate of drug-likeness (QED) is 0.500. The van der Waals surface area contributed by atoms with Crippen molar-refractivity contribution in [2.75, 3.05) is 0 Å². The van der Waals surface area contributed by atoms with Crippen LogP contribution in [0.1, 0.15) is 5.69 Å². The number of rotatable bonds is 3. The summed E-state index contributed by atoms with van der Waals surface area (Å²) in [6.45, 7) is 1.77. The molecule has 0 saturated heterocycles. The number of fused-ring (bicyclic) bond motifs is 1. The number of benzene rings is 2. The molecule has 2 heterocycles. The molecule has 124 valence electrons. The lowest BCUT2D eigenvalue weighted by molar-refractivity contribution is 0.835. The van der Waals surface area contributed by atoms with Crippen LogP contribution in [0.5, 0.6) is 0 Å². The predicted octanol–water partition coefficient (Wildman–Crippen LogP) is 3.06. The molecule has 0 bridgehead atoms. The molecule has 0 aliphatic rings. The van der Waals surface area contributed by atoms with Gasteiger partial charge in [0.1, 0.15) is 0 Å². The summed E-state index contributed by atoms with van der Waals surface area (Å²) in [5.41, 5.74) is 2.89. The number of azo groups is 1. The van der Waals surface area contributed by atoms with E-state index in [4.69, 9.17) is 0 Å². The molecule has 8 heteroatoms. The van der Waals surface area contributed by atoms with Crippen molar-refractivity contribution in [1.82, 2.24) is 19.7 Å². The maximum absolute atomic E-state index is 12.6. The second-order valence-corrected chi connectivity index (χ2v) is 5.57. The van der Waals surface area contributed by atoms with E-state index in [1.54, 1.807) is 25.1 Å². The van der Waals surface area contributed by atoms with Crippen LogP contribution in [0.25, 0.3) is 16.7 Å². The van der Waals surface area contributed by atoms with Gasteiger partial charge in [0.05, 0.1) is 28.1 Å². The molecule has 2 aromatic heterocycles. The Morgan fingerprint density at radius 2 is 1.68 bits per heavy atom. The summed E-state index contributed by atoms with van der Waals surface area (Å²) in [6, 6.07) is 14.4. The minimum Gasteiger partial charge on any atom is -0.306 e. The van der Waals surface area contributed by atoms with Crippen molar-refractivity contribution < 1.29 is 0 Å². The average molecular weight is 334 g/mol. The molecule has 0 amide bonds. The predicted molar refractivity (Wildman–Crippen MR) is 94.2 cm³/mol. The van der Waals surface area contributed by atoms with Crippen LogP contribution in [0, 0.1) is 6.92 Å². The molecule has 4 aromatic rings. The van der Waals surface area contributed by atoms with Crippen LogP contribution in [0.4, 0.5) is 11.4 Å². The fraction of sp³-hybridized carbons (Fsp3) is 0.0588. The first-order chi connectivity index (χ1) is 12.1. The van der Waals surface area contributed by atoms with E-state index in [1.165, 1.54) is 4.68 Å². The summed E-state index contributed by atoms with van der Waals surface area (Å²) in [6.07, 6.45) is 0. The molecule has 0 spiro atoms. The Balaban J connectivity index is 1.72. The maximum Gasteiger partial charge on any atom is 0.323 e. The molecular weight excluding hydrogens is 320 g/mol. The summed E-state index contributed by atoms with van der Waals surface area (Å²) in [5, 5.41) is 11.2. The number of aryl methyl sites for hydroxylation is 1. The number of nitrogens with zero attached hydrogens (tertiary/aromatic N) is 3. The summed E-state index contributed by atoms with van der Waals surface area (Å²) >= 11 is 0. The number of hydrogen-bond acceptors (Lipinski definition) is 4. The minimum atomic E-state index is -0.281. The van der Waals surface area contributed by atoms with Crippen LogP contribution in [-0.2, 0) is 0 Å². The second kappa shape index (κ2) is 5.75. The average Bonchev–Trinajstić information content (AvgIpc) is 3.12. The molecule has 0 aliphatic carbocycles. The molecule has 4 rings (SSSR count). The molecule has 3 N–H and O–H groups in total. The van der Waals surface area contributed by atoms with Gasteiger partial charge in [-0.2, -0.15) is 5.11 Å². The van der Waals surface area contributed by atoms with E-state index in [0.717, 1.165) is 5.69 Å². The highest BCUT2D eigenvalue weighted by Gasteiger charge is 2.11. The van der Waals surface area contributed by atoms with Gasteiger partial charge in [0.25, 0.3) is 5.56 Å². The Bertz CT molecular complexity index is 1190. The van der Waals surface area contributed by atoms with Gasteiger partial charge in [-0.15, -0.1) is 5.11 Å². The highest BCUT2D eigenvalue weighted by atomic mass is 16.1. The first-order valence-corrected chi connectivity index (χ1v) is 7.62. The second-order valence-electron chi connectivity index (χ2n) is 5.57. The lowest BCUT2D eigenvalue weighted by Gasteiger charge is -1.99. The molecule has 8 nitrogen and oxygen atoms in total. The van der Waals surface area contributed by atoms with Crippen molar-refractivity contribution in [2.24, 2.45) is 10.2 Å². The van der Waals surface area contributed by atoms with Crippen molar-refractivity contribution in [3.63, 3.8) is 0 Å². The van der Waals surface area contributed by atoms with Crippen molar-refractivity contribution in [2.45, 2.75) is 6.92 Å². The number of aromatic amines is 3. The Kier molecular flexibility index (Phi) is 3.42. The van der Waals surface area contributed by atoms with E-state index in [2.05, 4.69) is 25.3 Å². The van der Waals surface area contributed by atoms with Gasteiger partial charge in [0.2, 0.25) is 0 Å². The van der Waals surface area contributed by atoms with Crippen molar-refractivity contribution in [3.05, 3.63) is 75.1 Å². The zero-order chi connectivity index (χ0) is 17.4. The fourth-order valence-electron chi connectivity index (χ4n) is 2.60. The van der Waals surface area contributed by atoms with Crippen LogP contribution in [0.2, 0.25) is 0 Å². The monoisotopic (exact) mass is 334 g/mol. The van der Waals surface area contributed by atoms with Gasteiger partial charge in [0, 0.05) is 0 Å². The van der Waals surface area contributed by atoms with Gasteiger partial charge in [-0.3, -0.25) is 9.89 Å². The highest BCUT2D eigenvalue weighted by Crippen LogP contribution is 2.21. The molecule has 2 aromatic carbocycles. The zero-order valence-electron chi connectivity index (χ0n) is 13.3. The molecule has 0 aliphatic heterocycles. The molecule has 0 fully saturated rings. The van der Waals surface area contributed by atoms with Crippen LogP contribution in [0.3, 0.4) is 0 Å². The van der Waals surface area contributed by atoms with Gasteiger partial charge in [0.15, 0.2) is 5.69 Å². The van der Waals surface area contributed by atoms with E-state index in [0.29, 0.717) is 22.4 Å². The lowest BCUT2D eigenvalue weighted by Crippen LogP contribution is -2.13. The number of hydrogen-bond donors (Lipinski definition) is 3.